The number of nitrogens with zero attached hydrogens (tertiary/aromatic N) is 2. The highest BCUT2D eigenvalue weighted by molar-refractivity contribution is 15.0. The van der Waals surface area contributed by atoms with E-state index in [-0.39, 0.29) is 94.8 Å². The van der Waals surface area contributed by atoms with Crippen LogP contribution in [0.25, 0.3) is 0 Å². The van der Waals surface area contributed by atoms with Gasteiger partial charge in [0.2, 0.25) is 20.0 Å². The highest BCUT2D eigenvalue weighted by atomic mass is 128. The highest BCUT2D eigenvalue weighted by Crippen LogP contribution is 2.63. The van der Waals surface area contributed by atoms with Gasteiger partial charge in [0.15, 0.2) is 0 Å². The minimum absolute atomic E-state index is 0. The number of aliphatic hydroxyl groups is 1. The molecule has 3 N–H and O–H groups in total. The Balaban J connectivity index is 0.000000210. The van der Waals surface area contributed by atoms with Crippen LogP contribution in [-0.2, 0) is 42.7 Å². The zero-order valence-electron chi connectivity index (χ0n) is 43.8. The van der Waals surface area contributed by atoms with Crippen LogP contribution in [0, 0.1) is 33.5 Å². The van der Waals surface area contributed by atoms with E-state index >= 15 is 0 Å². The Bertz CT molecular complexity index is 2830. The number of hydrogen-bond acceptors (Lipinski definition) is 10. The monoisotopic (exact) mass is 1370 g/mol. The van der Waals surface area contributed by atoms with E-state index in [1.807, 2.05) is 60.7 Å². The fourth-order valence-electron chi connectivity index (χ4n) is 12.7. The number of halogens is 3. The van der Waals surface area contributed by atoms with E-state index in [9.17, 15) is 26.4 Å². The molecule has 4 saturated carbocycles. The van der Waals surface area contributed by atoms with Gasteiger partial charge in [0.05, 0.1) is 37.9 Å². The van der Waals surface area contributed by atoms with E-state index in [1.165, 1.54) is 33.6 Å². The normalized spacial score (nSPS) is 26.2. The summed E-state index contributed by atoms with van der Waals surface area (Å²) in [5, 5.41) is 15.1. The second-order valence-electron chi connectivity index (χ2n) is 22.4. The van der Waals surface area contributed by atoms with Crippen molar-refractivity contribution in [3.63, 3.8) is 0 Å². The molecule has 418 valence electrons. The summed E-state index contributed by atoms with van der Waals surface area (Å²) in [5.74, 6) is 1.02. The maximum atomic E-state index is 13.7. The van der Waals surface area contributed by atoms with Crippen LogP contribution in [0.4, 0.5) is 0 Å². The maximum absolute atomic E-state index is 13.7. The first-order valence-electron chi connectivity index (χ1n) is 25.8. The Morgan fingerprint density at radius 1 is 0.645 bits per heavy atom. The van der Waals surface area contributed by atoms with Crippen molar-refractivity contribution in [2.45, 2.75) is 123 Å². The average Bonchev–Trinajstić information content (AvgIpc) is 4.13. The SMILES string of the molecule is C.CC1(C)C(NC(=O)c2ccc(Br)c(S(=O)(=O)N3CCOCC3)c2)[C@@]2(C)CC[C@@H]1C2.CC1(C)C(NC(=O)c2ccc(OCc3ccccc3)c(S(=O)(=O)N3CCOCC3)c2)[C@@]2(C)CC[C@@H]1C2.II.OCc1ccccc1. The molecule has 14 nitrogen and oxygen atoms in total. The van der Waals surface area contributed by atoms with Crippen LogP contribution in [0.15, 0.2) is 111 Å². The van der Waals surface area contributed by atoms with E-state index in [1.54, 1.807) is 24.3 Å². The fraction of sp³-hybridized carbons (Fsp3) is 0.544. The summed E-state index contributed by atoms with van der Waals surface area (Å²) in [6, 6.07) is 28.8. The number of ether oxygens (including phenoxy) is 3. The number of carbonyl (C=O) groups excluding carboxylic acids is 2. The van der Waals surface area contributed by atoms with E-state index < -0.39 is 20.0 Å². The Kier molecular flexibility index (Phi) is 21.6. The summed E-state index contributed by atoms with van der Waals surface area (Å²) in [5.41, 5.74) is 2.84. The minimum Gasteiger partial charge on any atom is -0.487 e. The lowest BCUT2D eigenvalue weighted by atomic mass is 9.68. The van der Waals surface area contributed by atoms with E-state index in [0.29, 0.717) is 67.0 Å². The predicted octanol–water partition coefficient (Wildman–Crippen LogP) is 11.2. The number of sulfonamides is 2. The third-order valence-electron chi connectivity index (χ3n) is 16.9. The molecular weight excluding hydrogens is 1300 g/mol. The molecule has 2 amide bonds. The second kappa shape index (κ2) is 26.2. The smallest absolute Gasteiger partial charge is 0.251 e. The average molecular weight is 1380 g/mol. The molecule has 6 aliphatic rings. The quantitative estimate of drug-likeness (QED) is 0.116. The van der Waals surface area contributed by atoms with Gasteiger partial charge in [-0.05, 0) is 135 Å². The van der Waals surface area contributed by atoms with Gasteiger partial charge in [0.1, 0.15) is 17.3 Å². The number of morpholine rings is 2. The summed E-state index contributed by atoms with van der Waals surface area (Å²) >= 11 is 7.59. The van der Waals surface area contributed by atoms with Gasteiger partial charge in [-0.3, -0.25) is 9.59 Å². The molecule has 0 spiro atoms. The number of benzene rings is 4. The van der Waals surface area contributed by atoms with Crippen LogP contribution >= 0.6 is 53.2 Å². The van der Waals surface area contributed by atoms with Gasteiger partial charge in [0, 0.05) is 91.1 Å². The summed E-state index contributed by atoms with van der Waals surface area (Å²) < 4.78 is 73.4. The molecular formula is C57H77BrI2N4O10S2. The first kappa shape index (κ1) is 62.5. The number of amides is 2. The molecule has 4 bridgehead atoms. The van der Waals surface area contributed by atoms with Gasteiger partial charge in [-0.1, -0.05) is 110 Å². The molecule has 10 rings (SSSR count). The number of nitrogens with one attached hydrogen (secondary N) is 2. The molecule has 2 saturated heterocycles. The van der Waals surface area contributed by atoms with E-state index in [2.05, 4.69) is 105 Å². The Hall–Kier alpha value is -2.74. The van der Waals surface area contributed by atoms with Gasteiger partial charge in [-0.25, -0.2) is 16.8 Å². The van der Waals surface area contributed by atoms with Crippen molar-refractivity contribution < 1.29 is 45.7 Å². The molecule has 0 radical (unpaired) electrons. The van der Waals surface area contributed by atoms with Gasteiger partial charge in [-0.15, -0.1) is 0 Å². The number of carbonyl (C=O) groups is 2. The minimum atomic E-state index is -3.88. The summed E-state index contributed by atoms with van der Waals surface area (Å²) in [4.78, 5) is 26.7. The van der Waals surface area contributed by atoms with Crippen molar-refractivity contribution in [1.29, 1.82) is 0 Å². The maximum Gasteiger partial charge on any atom is 0.251 e. The Morgan fingerprint density at radius 2 is 1.05 bits per heavy atom. The summed E-state index contributed by atoms with van der Waals surface area (Å²) in [6.07, 6.45) is 6.91. The van der Waals surface area contributed by atoms with Crippen LogP contribution < -0.4 is 15.4 Å². The van der Waals surface area contributed by atoms with Gasteiger partial charge < -0.3 is 30.0 Å². The van der Waals surface area contributed by atoms with Crippen molar-refractivity contribution >= 4 is 85.0 Å². The molecule has 76 heavy (non-hydrogen) atoms. The van der Waals surface area contributed by atoms with E-state index in [4.69, 9.17) is 19.3 Å². The lowest BCUT2D eigenvalue weighted by Crippen LogP contribution is -2.52. The first-order chi connectivity index (χ1) is 35.6. The second-order valence-corrected chi connectivity index (χ2v) is 27.1. The number of rotatable bonds is 12. The van der Waals surface area contributed by atoms with Gasteiger partial charge >= 0.3 is 0 Å². The fourth-order valence-corrected chi connectivity index (χ4v) is 16.7. The lowest BCUT2D eigenvalue weighted by molar-refractivity contribution is 0.0727. The zero-order valence-corrected chi connectivity index (χ0v) is 51.4. The van der Waals surface area contributed by atoms with Crippen molar-refractivity contribution in [1.82, 2.24) is 19.2 Å². The summed E-state index contributed by atoms with van der Waals surface area (Å²) in [7, 11) is -7.57. The number of aliphatic hydroxyl groups excluding tert-OH is 1. The Morgan fingerprint density at radius 3 is 1.46 bits per heavy atom. The van der Waals surface area contributed by atoms with Crippen LogP contribution in [0.1, 0.15) is 119 Å². The van der Waals surface area contributed by atoms with E-state index in [0.717, 1.165) is 36.8 Å². The molecule has 4 aromatic carbocycles. The molecule has 6 atom stereocenters. The molecule has 4 aromatic rings. The molecule has 0 aromatic heterocycles. The van der Waals surface area contributed by atoms with Crippen molar-refractivity contribution in [3.8, 4) is 5.75 Å². The topological polar surface area (TPSA) is 181 Å². The van der Waals surface area contributed by atoms with Crippen LogP contribution in [0.5, 0.6) is 5.75 Å². The Labute approximate surface area is 484 Å². The standard InChI is InChI=1S/C28H36N2O5S.C21H29BrN2O4S.C7H8O.CH4.I2/c1-27(2)22-11-12-28(3,18-22)26(27)29-25(31)21-9-10-23(35-19-20-7-5-4-6-8-20)24(17-21)36(32,33)30-13-15-34-16-14-30;1-20(2)15-6-7-21(3,13-15)19(20)23-18(25)14-4-5-16(22)17(12-14)29(26,27)24-8-10-28-11-9-24;8-6-7-4-2-1-3-5-7;;1-2/h4-10,17,22,26H,11-16,18-19H2,1-3H3,(H,29,31);4-5,12,15,19H,6-11,13H2,1-3H3,(H,23,25);1-5,8H,6H2;1H4;/t22-,26?,28+;15-,19?,21+;;;/m11.../s1. The van der Waals surface area contributed by atoms with Gasteiger partial charge in [-0.2, -0.15) is 8.61 Å². The molecule has 2 aliphatic heterocycles. The van der Waals surface area contributed by atoms with Gasteiger partial charge in [0.25, 0.3) is 11.8 Å². The van der Waals surface area contributed by atoms with Crippen molar-refractivity contribution in [3.05, 3.63) is 124 Å². The van der Waals surface area contributed by atoms with Crippen molar-refractivity contribution in [2.75, 3.05) is 52.6 Å². The first-order valence-corrected chi connectivity index (χ1v) is 35.7. The van der Waals surface area contributed by atoms with Crippen LogP contribution in [0.2, 0.25) is 0 Å². The van der Waals surface area contributed by atoms with Crippen LogP contribution in [-0.4, -0.2) is 107 Å². The molecule has 2 heterocycles. The van der Waals surface area contributed by atoms with Crippen LogP contribution in [0.3, 0.4) is 0 Å². The zero-order chi connectivity index (χ0) is 54.4. The predicted molar refractivity (Wildman–Crippen MR) is 319 cm³/mol. The number of hydrogen-bond donors (Lipinski definition) is 3. The van der Waals surface area contributed by atoms with Crippen molar-refractivity contribution in [2.24, 2.45) is 33.5 Å². The molecule has 2 unspecified atom stereocenters. The largest absolute Gasteiger partial charge is 0.487 e. The third kappa shape index (κ3) is 13.7. The molecule has 6 fully saturated rings. The molecule has 4 aliphatic carbocycles. The number of fused-ring (bicyclic) bond motifs is 4. The summed E-state index contributed by atoms with van der Waals surface area (Å²) in [6.45, 7) is 16.5. The highest BCUT2D eigenvalue weighted by Gasteiger charge is 2.61. The third-order valence-corrected chi connectivity index (χ3v) is 21.7. The molecule has 19 heteroatoms. The lowest BCUT2D eigenvalue weighted by Gasteiger charge is -2.43.